The maximum absolute atomic E-state index is 6.22. The van der Waals surface area contributed by atoms with Crippen molar-refractivity contribution in [3.05, 3.63) is 28.8 Å². The zero-order valence-corrected chi connectivity index (χ0v) is 11.8. The van der Waals surface area contributed by atoms with Crippen LogP contribution >= 0.6 is 23.2 Å². The number of benzene rings is 1. The molecule has 0 amide bonds. The smallest absolute Gasteiger partial charge is 0.0488 e. The van der Waals surface area contributed by atoms with Gasteiger partial charge in [0.15, 0.2) is 0 Å². The molecule has 1 fully saturated rings. The van der Waals surface area contributed by atoms with Crippen LogP contribution in [0, 0.1) is 0 Å². The summed E-state index contributed by atoms with van der Waals surface area (Å²) in [5.41, 5.74) is 2.27. The molecule has 0 saturated heterocycles. The van der Waals surface area contributed by atoms with Gasteiger partial charge in [-0.2, -0.15) is 0 Å². The van der Waals surface area contributed by atoms with E-state index in [9.17, 15) is 0 Å². The lowest BCUT2D eigenvalue weighted by molar-refractivity contribution is 0.713. The molecule has 1 aromatic rings. The van der Waals surface area contributed by atoms with Crippen molar-refractivity contribution >= 4 is 28.9 Å². The number of rotatable bonds is 6. The van der Waals surface area contributed by atoms with E-state index in [-0.39, 0.29) is 0 Å². The Balaban J connectivity index is 2.14. The van der Waals surface area contributed by atoms with Crippen LogP contribution < -0.4 is 4.90 Å². The number of halogens is 2. The largest absolute Gasteiger partial charge is 0.369 e. The minimum Gasteiger partial charge on any atom is -0.369 e. The first kappa shape index (κ1) is 13.0. The molecule has 1 nitrogen and oxygen atoms in total. The van der Waals surface area contributed by atoms with Gasteiger partial charge in [-0.1, -0.05) is 31.0 Å². The number of hydrogen-bond donors (Lipinski definition) is 0. The summed E-state index contributed by atoms with van der Waals surface area (Å²) in [4.78, 5) is 2.49. The Labute approximate surface area is 114 Å². The molecule has 0 heterocycles. The number of anilines is 1. The van der Waals surface area contributed by atoms with Crippen LogP contribution in [0.4, 0.5) is 5.69 Å². The van der Waals surface area contributed by atoms with Crippen molar-refractivity contribution in [3.8, 4) is 0 Å². The topological polar surface area (TPSA) is 3.24 Å². The maximum atomic E-state index is 6.22. The molecule has 1 saturated carbocycles. The van der Waals surface area contributed by atoms with Gasteiger partial charge in [0.05, 0.1) is 0 Å². The lowest BCUT2D eigenvalue weighted by Crippen LogP contribution is -2.26. The molecular weight excluding hydrogens is 253 g/mol. The molecule has 17 heavy (non-hydrogen) atoms. The van der Waals surface area contributed by atoms with Gasteiger partial charge in [0, 0.05) is 29.2 Å². The summed E-state index contributed by atoms with van der Waals surface area (Å²) in [6.07, 6.45) is 5.11. The SMILES string of the molecule is CCCCN(c1ccc(CCl)c(Cl)c1)C1CC1. The second-order valence-corrected chi connectivity index (χ2v) is 5.36. The molecule has 0 bridgehead atoms. The first-order valence-electron chi connectivity index (χ1n) is 6.37. The van der Waals surface area contributed by atoms with Crippen molar-refractivity contribution in [2.24, 2.45) is 0 Å². The average molecular weight is 272 g/mol. The second kappa shape index (κ2) is 5.97. The van der Waals surface area contributed by atoms with E-state index >= 15 is 0 Å². The Morgan fingerprint density at radius 1 is 1.35 bits per heavy atom. The second-order valence-electron chi connectivity index (χ2n) is 4.69. The Hall–Kier alpha value is -0.400. The predicted octanol–water partition coefficient (Wildman–Crippen LogP) is 4.85. The lowest BCUT2D eigenvalue weighted by atomic mass is 10.2. The quantitative estimate of drug-likeness (QED) is 0.669. The van der Waals surface area contributed by atoms with Crippen LogP contribution in [0.5, 0.6) is 0 Å². The van der Waals surface area contributed by atoms with E-state index in [1.807, 2.05) is 6.07 Å². The van der Waals surface area contributed by atoms with Crippen molar-refractivity contribution in [2.45, 2.75) is 44.5 Å². The van der Waals surface area contributed by atoms with Gasteiger partial charge in [-0.25, -0.2) is 0 Å². The molecule has 2 rings (SSSR count). The van der Waals surface area contributed by atoms with E-state index < -0.39 is 0 Å². The highest BCUT2D eigenvalue weighted by molar-refractivity contribution is 6.32. The summed E-state index contributed by atoms with van der Waals surface area (Å²) >= 11 is 12.0. The van der Waals surface area contributed by atoms with Crippen LogP contribution in [0.1, 0.15) is 38.2 Å². The molecule has 0 unspecified atom stereocenters. The molecular formula is C14H19Cl2N. The summed E-state index contributed by atoms with van der Waals surface area (Å²) in [7, 11) is 0. The Morgan fingerprint density at radius 3 is 2.65 bits per heavy atom. The molecule has 0 aliphatic heterocycles. The van der Waals surface area contributed by atoms with Crippen LogP contribution in [-0.4, -0.2) is 12.6 Å². The Kier molecular flexibility index (Phi) is 4.58. The highest BCUT2D eigenvalue weighted by atomic mass is 35.5. The van der Waals surface area contributed by atoms with Gasteiger partial charge in [0.25, 0.3) is 0 Å². The van der Waals surface area contributed by atoms with Crippen molar-refractivity contribution < 1.29 is 0 Å². The molecule has 0 aromatic heterocycles. The molecule has 0 spiro atoms. The van der Waals surface area contributed by atoms with Crippen LogP contribution in [0.15, 0.2) is 18.2 Å². The van der Waals surface area contributed by atoms with E-state index in [0.29, 0.717) is 5.88 Å². The third-order valence-electron chi connectivity index (χ3n) is 3.25. The van der Waals surface area contributed by atoms with Crippen LogP contribution in [0.3, 0.4) is 0 Å². The average Bonchev–Trinajstić information content (AvgIpc) is 3.14. The highest BCUT2D eigenvalue weighted by Crippen LogP contribution is 2.34. The fraction of sp³-hybridized carbons (Fsp3) is 0.571. The van der Waals surface area contributed by atoms with Gasteiger partial charge in [0.1, 0.15) is 0 Å². The molecule has 0 atom stereocenters. The Morgan fingerprint density at radius 2 is 2.12 bits per heavy atom. The molecule has 3 heteroatoms. The van der Waals surface area contributed by atoms with Crippen LogP contribution in [0.25, 0.3) is 0 Å². The summed E-state index contributed by atoms with van der Waals surface area (Å²) in [5, 5.41) is 0.791. The minimum atomic E-state index is 0.484. The fourth-order valence-electron chi connectivity index (χ4n) is 2.06. The maximum Gasteiger partial charge on any atom is 0.0488 e. The van der Waals surface area contributed by atoms with E-state index in [4.69, 9.17) is 23.2 Å². The van der Waals surface area contributed by atoms with Crippen molar-refractivity contribution in [1.82, 2.24) is 0 Å². The molecule has 1 aliphatic rings. The van der Waals surface area contributed by atoms with E-state index in [1.54, 1.807) is 0 Å². The molecule has 0 radical (unpaired) electrons. The lowest BCUT2D eigenvalue weighted by Gasteiger charge is -2.25. The first-order valence-corrected chi connectivity index (χ1v) is 7.28. The fourth-order valence-corrected chi connectivity index (χ4v) is 2.60. The zero-order valence-electron chi connectivity index (χ0n) is 10.3. The van der Waals surface area contributed by atoms with Gasteiger partial charge in [-0.15, -0.1) is 11.6 Å². The number of alkyl halides is 1. The standard InChI is InChI=1S/C14H19Cl2N/c1-2-3-8-17(12-6-7-12)13-5-4-11(10-15)14(16)9-13/h4-5,9,12H,2-3,6-8,10H2,1H3. The van der Waals surface area contributed by atoms with Crippen molar-refractivity contribution in [3.63, 3.8) is 0 Å². The van der Waals surface area contributed by atoms with E-state index in [0.717, 1.165) is 23.2 Å². The number of hydrogen-bond acceptors (Lipinski definition) is 1. The molecule has 1 aromatic carbocycles. The third-order valence-corrected chi connectivity index (χ3v) is 3.89. The predicted molar refractivity (Wildman–Crippen MR) is 76.3 cm³/mol. The van der Waals surface area contributed by atoms with E-state index in [1.165, 1.54) is 31.4 Å². The van der Waals surface area contributed by atoms with Gasteiger partial charge in [0.2, 0.25) is 0 Å². The van der Waals surface area contributed by atoms with Gasteiger partial charge in [-0.3, -0.25) is 0 Å². The monoisotopic (exact) mass is 271 g/mol. The highest BCUT2D eigenvalue weighted by Gasteiger charge is 2.28. The summed E-state index contributed by atoms with van der Waals surface area (Å²) in [6.45, 7) is 3.37. The first-order chi connectivity index (χ1) is 8.26. The Bertz CT molecular complexity index is 374. The van der Waals surface area contributed by atoms with Gasteiger partial charge >= 0.3 is 0 Å². The van der Waals surface area contributed by atoms with Crippen LogP contribution in [0.2, 0.25) is 5.02 Å². The van der Waals surface area contributed by atoms with Gasteiger partial charge < -0.3 is 4.90 Å². The van der Waals surface area contributed by atoms with Crippen LogP contribution in [-0.2, 0) is 5.88 Å². The van der Waals surface area contributed by atoms with Gasteiger partial charge in [-0.05, 0) is 37.0 Å². The third kappa shape index (κ3) is 3.29. The zero-order chi connectivity index (χ0) is 12.3. The molecule has 94 valence electrons. The van der Waals surface area contributed by atoms with Crippen molar-refractivity contribution in [2.75, 3.05) is 11.4 Å². The normalized spacial score (nSPS) is 15.0. The number of unbranched alkanes of at least 4 members (excludes halogenated alkanes) is 1. The molecule has 0 N–H and O–H groups in total. The molecule has 1 aliphatic carbocycles. The summed E-state index contributed by atoms with van der Waals surface area (Å²) in [5.74, 6) is 0.484. The number of nitrogens with zero attached hydrogens (tertiary/aromatic N) is 1. The van der Waals surface area contributed by atoms with E-state index in [2.05, 4.69) is 24.0 Å². The van der Waals surface area contributed by atoms with Crippen molar-refractivity contribution in [1.29, 1.82) is 0 Å². The summed E-state index contributed by atoms with van der Waals surface area (Å²) < 4.78 is 0. The summed E-state index contributed by atoms with van der Waals surface area (Å²) in [6, 6.07) is 7.00. The minimum absolute atomic E-state index is 0.484.